The maximum absolute atomic E-state index is 13.6. The Hall–Kier alpha value is -2.47. The molecular weight excluding hydrogens is 328 g/mol. The van der Waals surface area contributed by atoms with Crippen LogP contribution in [0.2, 0.25) is 5.02 Å². The van der Waals surface area contributed by atoms with E-state index in [0.717, 1.165) is 12.1 Å². The molecule has 0 radical (unpaired) electrons. The Balaban J connectivity index is 2.18. The number of halogens is 3. The summed E-state index contributed by atoms with van der Waals surface area (Å²) in [5.74, 6) is -4.80. The van der Waals surface area contributed by atoms with Crippen LogP contribution in [0.1, 0.15) is 15.9 Å². The van der Waals surface area contributed by atoms with E-state index in [4.69, 9.17) is 11.6 Å². The number of benzene rings is 2. The predicted octanol–water partition coefficient (Wildman–Crippen LogP) is 3.04. The number of rotatable bonds is 5. The van der Waals surface area contributed by atoms with Crippen molar-refractivity contribution < 1.29 is 23.5 Å². The summed E-state index contributed by atoms with van der Waals surface area (Å²) in [4.78, 5) is 23.3. The fourth-order valence-electron chi connectivity index (χ4n) is 2.01. The van der Waals surface area contributed by atoms with E-state index >= 15 is 0 Å². The number of carbonyl (C=O) groups is 2. The molecule has 0 saturated heterocycles. The molecule has 0 aliphatic carbocycles. The monoisotopic (exact) mass is 339 g/mol. The van der Waals surface area contributed by atoms with Crippen molar-refractivity contribution in [3.8, 4) is 0 Å². The molecule has 0 fully saturated rings. The maximum atomic E-state index is 13.6. The summed E-state index contributed by atoms with van der Waals surface area (Å²) in [6.45, 7) is 0. The van der Waals surface area contributed by atoms with Gasteiger partial charge in [0.2, 0.25) is 0 Å². The summed E-state index contributed by atoms with van der Waals surface area (Å²) >= 11 is 5.82. The van der Waals surface area contributed by atoms with E-state index in [-0.39, 0.29) is 6.42 Å². The summed E-state index contributed by atoms with van der Waals surface area (Å²) < 4.78 is 26.7. The van der Waals surface area contributed by atoms with Crippen molar-refractivity contribution in [3.63, 3.8) is 0 Å². The largest absolute Gasteiger partial charge is 0.480 e. The first-order chi connectivity index (χ1) is 10.9. The van der Waals surface area contributed by atoms with Crippen LogP contribution in [0.4, 0.5) is 8.78 Å². The standard InChI is InChI=1S/C16H12ClF2NO3/c17-10-4-1-3-9(7-10)8-13(16(22)23)20-15(21)11-5-2-6-12(18)14(11)19/h1-7,13H,8H2,(H,20,21)(H,22,23)/t13-/m1/s1. The van der Waals surface area contributed by atoms with Gasteiger partial charge in [0.15, 0.2) is 11.6 Å². The molecule has 4 nitrogen and oxygen atoms in total. The Kier molecular flexibility index (Phi) is 5.28. The fraction of sp³-hybridized carbons (Fsp3) is 0.125. The highest BCUT2D eigenvalue weighted by atomic mass is 35.5. The number of carbonyl (C=O) groups excluding carboxylic acids is 1. The van der Waals surface area contributed by atoms with Gasteiger partial charge in [0.05, 0.1) is 5.56 Å². The summed E-state index contributed by atoms with van der Waals surface area (Å²) in [5, 5.41) is 11.8. The van der Waals surface area contributed by atoms with Crippen LogP contribution in [0.3, 0.4) is 0 Å². The molecule has 0 saturated carbocycles. The number of aliphatic carboxylic acids is 1. The molecule has 120 valence electrons. The molecule has 0 spiro atoms. The van der Waals surface area contributed by atoms with Crippen molar-refractivity contribution in [2.24, 2.45) is 0 Å². The second kappa shape index (κ2) is 7.19. The molecule has 0 unspecified atom stereocenters. The minimum Gasteiger partial charge on any atom is -0.480 e. The number of nitrogens with one attached hydrogen (secondary N) is 1. The number of carboxylic acid groups (broad SMARTS) is 1. The second-order valence-corrected chi connectivity index (χ2v) is 5.24. The summed E-state index contributed by atoms with van der Waals surface area (Å²) in [6.07, 6.45) is -0.0431. The van der Waals surface area contributed by atoms with Gasteiger partial charge >= 0.3 is 5.97 Å². The number of amides is 1. The first-order valence-corrected chi connectivity index (χ1v) is 6.98. The molecule has 0 aliphatic heterocycles. The highest BCUT2D eigenvalue weighted by molar-refractivity contribution is 6.30. The highest BCUT2D eigenvalue weighted by Gasteiger charge is 2.23. The van der Waals surface area contributed by atoms with Gasteiger partial charge in [0, 0.05) is 11.4 Å². The lowest BCUT2D eigenvalue weighted by atomic mass is 10.1. The van der Waals surface area contributed by atoms with Gasteiger partial charge in [-0.25, -0.2) is 13.6 Å². The average molecular weight is 340 g/mol. The Bertz CT molecular complexity index is 752. The van der Waals surface area contributed by atoms with E-state index in [1.54, 1.807) is 24.3 Å². The van der Waals surface area contributed by atoms with Crippen LogP contribution >= 0.6 is 11.6 Å². The first-order valence-electron chi connectivity index (χ1n) is 6.60. The van der Waals surface area contributed by atoms with E-state index in [9.17, 15) is 23.5 Å². The van der Waals surface area contributed by atoms with E-state index in [1.165, 1.54) is 6.07 Å². The van der Waals surface area contributed by atoms with Crippen LogP contribution in [0.15, 0.2) is 42.5 Å². The van der Waals surface area contributed by atoms with Crippen molar-refractivity contribution in [2.75, 3.05) is 0 Å². The van der Waals surface area contributed by atoms with E-state index in [2.05, 4.69) is 5.32 Å². The fourth-order valence-corrected chi connectivity index (χ4v) is 2.23. The lowest BCUT2D eigenvalue weighted by Crippen LogP contribution is -2.42. The highest BCUT2D eigenvalue weighted by Crippen LogP contribution is 2.14. The first kappa shape index (κ1) is 16.9. The van der Waals surface area contributed by atoms with Gasteiger partial charge in [-0.3, -0.25) is 4.79 Å². The Morgan fingerprint density at radius 2 is 1.87 bits per heavy atom. The van der Waals surface area contributed by atoms with Gasteiger partial charge < -0.3 is 10.4 Å². The van der Waals surface area contributed by atoms with Crippen molar-refractivity contribution >= 4 is 23.5 Å². The lowest BCUT2D eigenvalue weighted by molar-refractivity contribution is -0.139. The smallest absolute Gasteiger partial charge is 0.326 e. The van der Waals surface area contributed by atoms with E-state index in [0.29, 0.717) is 10.6 Å². The molecule has 2 aromatic carbocycles. The quantitative estimate of drug-likeness (QED) is 0.880. The zero-order valence-electron chi connectivity index (χ0n) is 11.7. The van der Waals surface area contributed by atoms with Crippen molar-refractivity contribution in [1.29, 1.82) is 0 Å². The normalized spacial score (nSPS) is 11.8. The van der Waals surface area contributed by atoms with Gasteiger partial charge in [0.25, 0.3) is 5.91 Å². The van der Waals surface area contributed by atoms with Crippen molar-refractivity contribution in [3.05, 3.63) is 70.2 Å². The minimum atomic E-state index is -1.32. The van der Waals surface area contributed by atoms with Gasteiger partial charge in [-0.2, -0.15) is 0 Å². The molecule has 23 heavy (non-hydrogen) atoms. The van der Waals surface area contributed by atoms with Gasteiger partial charge in [0.1, 0.15) is 6.04 Å². The summed E-state index contributed by atoms with van der Waals surface area (Å²) in [5.41, 5.74) is 0.0345. The molecule has 0 bridgehead atoms. The number of hydrogen-bond donors (Lipinski definition) is 2. The van der Waals surface area contributed by atoms with Crippen molar-refractivity contribution in [2.45, 2.75) is 12.5 Å². The second-order valence-electron chi connectivity index (χ2n) is 4.80. The maximum Gasteiger partial charge on any atom is 0.326 e. The third kappa shape index (κ3) is 4.26. The minimum absolute atomic E-state index is 0.0431. The molecular formula is C16H12ClF2NO3. The molecule has 0 aromatic heterocycles. The zero-order chi connectivity index (χ0) is 17.0. The predicted molar refractivity (Wildman–Crippen MR) is 80.4 cm³/mol. The van der Waals surface area contributed by atoms with Crippen LogP contribution in [0.25, 0.3) is 0 Å². The van der Waals surface area contributed by atoms with Gasteiger partial charge in [-0.1, -0.05) is 29.8 Å². The molecule has 1 atom stereocenters. The van der Waals surface area contributed by atoms with E-state index < -0.39 is 35.1 Å². The molecule has 7 heteroatoms. The average Bonchev–Trinajstić information content (AvgIpc) is 2.49. The molecule has 1 amide bonds. The number of carboxylic acids is 1. The third-order valence-electron chi connectivity index (χ3n) is 3.13. The van der Waals surface area contributed by atoms with E-state index in [1.807, 2.05) is 0 Å². The van der Waals surface area contributed by atoms with Crippen LogP contribution < -0.4 is 5.32 Å². The third-order valence-corrected chi connectivity index (χ3v) is 3.36. The van der Waals surface area contributed by atoms with Crippen molar-refractivity contribution in [1.82, 2.24) is 5.32 Å². The van der Waals surface area contributed by atoms with Crippen LogP contribution in [-0.2, 0) is 11.2 Å². The molecule has 2 N–H and O–H groups in total. The van der Waals surface area contributed by atoms with Crippen LogP contribution in [0, 0.1) is 11.6 Å². The zero-order valence-corrected chi connectivity index (χ0v) is 12.5. The van der Waals surface area contributed by atoms with Gasteiger partial charge in [-0.15, -0.1) is 0 Å². The Morgan fingerprint density at radius 3 is 2.52 bits per heavy atom. The Labute approximate surface area is 135 Å². The topological polar surface area (TPSA) is 66.4 Å². The molecule has 2 aromatic rings. The van der Waals surface area contributed by atoms with Crippen LogP contribution in [-0.4, -0.2) is 23.0 Å². The SMILES string of the molecule is O=C(N[C@H](Cc1cccc(Cl)c1)C(=O)O)c1cccc(F)c1F. The Morgan fingerprint density at radius 1 is 1.17 bits per heavy atom. The summed E-state index contributed by atoms with van der Waals surface area (Å²) in [6, 6.07) is 8.29. The number of hydrogen-bond acceptors (Lipinski definition) is 2. The molecule has 0 heterocycles. The van der Waals surface area contributed by atoms with Crippen LogP contribution in [0.5, 0.6) is 0 Å². The molecule has 0 aliphatic rings. The van der Waals surface area contributed by atoms with Gasteiger partial charge in [-0.05, 0) is 29.8 Å². The lowest BCUT2D eigenvalue weighted by Gasteiger charge is -2.15. The summed E-state index contributed by atoms with van der Waals surface area (Å²) in [7, 11) is 0. The molecule has 2 rings (SSSR count).